The van der Waals surface area contributed by atoms with Gasteiger partial charge in [0.1, 0.15) is 0 Å². The maximum absolute atomic E-state index is 13.4. The molecule has 1 amide bonds. The SMILES string of the molecule is CCc1cc(CNC(=O)C2(Cc3cccc([C@@H]4CCCN(C)C4)c3)CCOCC2)on1. The Balaban J connectivity index is 1.47. The summed E-state index contributed by atoms with van der Waals surface area (Å²) in [6.45, 7) is 5.97. The van der Waals surface area contributed by atoms with Gasteiger partial charge in [-0.2, -0.15) is 0 Å². The standard InChI is InChI=1S/C25H35N3O3/c1-3-22-15-23(31-27-22)17-26-24(29)25(9-12-30-13-10-25)16-19-6-4-7-20(14-19)21-8-5-11-28(2)18-21/h4,6-7,14-15,21H,3,5,8-13,16-18H2,1-2H3,(H,26,29)/t21-/m1/s1. The Kier molecular flexibility index (Phi) is 7.08. The van der Waals surface area contributed by atoms with Crippen molar-refractivity contribution in [2.45, 2.75) is 57.9 Å². The van der Waals surface area contributed by atoms with Crippen LogP contribution in [-0.2, 0) is 28.9 Å². The van der Waals surface area contributed by atoms with Crippen LogP contribution in [0.2, 0.25) is 0 Å². The molecular weight excluding hydrogens is 390 g/mol. The fourth-order valence-corrected chi connectivity index (χ4v) is 4.99. The topological polar surface area (TPSA) is 67.6 Å². The molecule has 0 unspecified atom stereocenters. The van der Waals surface area contributed by atoms with Gasteiger partial charge in [-0.1, -0.05) is 36.3 Å². The van der Waals surface area contributed by atoms with Gasteiger partial charge in [0, 0.05) is 25.8 Å². The quantitative estimate of drug-likeness (QED) is 0.733. The molecule has 1 aromatic carbocycles. The van der Waals surface area contributed by atoms with Gasteiger partial charge in [-0.3, -0.25) is 4.79 Å². The lowest BCUT2D eigenvalue weighted by molar-refractivity contribution is -0.137. The predicted octanol–water partition coefficient (Wildman–Crippen LogP) is 3.70. The molecule has 31 heavy (non-hydrogen) atoms. The molecule has 2 aliphatic heterocycles. The van der Waals surface area contributed by atoms with Crippen molar-refractivity contribution < 1.29 is 14.1 Å². The lowest BCUT2D eigenvalue weighted by Crippen LogP contribution is -2.45. The van der Waals surface area contributed by atoms with Crippen molar-refractivity contribution in [3.63, 3.8) is 0 Å². The summed E-state index contributed by atoms with van der Waals surface area (Å²) in [5.41, 5.74) is 3.12. The number of piperidine rings is 1. The molecule has 2 aromatic rings. The molecule has 6 heteroatoms. The molecule has 2 fully saturated rings. The zero-order chi connectivity index (χ0) is 21.7. The number of amides is 1. The zero-order valence-corrected chi connectivity index (χ0v) is 18.9. The summed E-state index contributed by atoms with van der Waals surface area (Å²) in [7, 11) is 2.20. The Bertz CT molecular complexity index is 872. The van der Waals surface area contributed by atoms with Crippen LogP contribution in [0.3, 0.4) is 0 Å². The van der Waals surface area contributed by atoms with Gasteiger partial charge in [0.2, 0.25) is 5.91 Å². The number of nitrogens with zero attached hydrogens (tertiary/aromatic N) is 2. The lowest BCUT2D eigenvalue weighted by Gasteiger charge is -2.36. The molecule has 0 radical (unpaired) electrons. The number of likely N-dealkylation sites (tertiary alicyclic amines) is 1. The zero-order valence-electron chi connectivity index (χ0n) is 18.9. The summed E-state index contributed by atoms with van der Waals surface area (Å²) in [4.78, 5) is 15.8. The van der Waals surface area contributed by atoms with Gasteiger partial charge in [0.15, 0.2) is 5.76 Å². The molecule has 2 aliphatic rings. The van der Waals surface area contributed by atoms with E-state index in [1.54, 1.807) is 0 Å². The first-order valence-corrected chi connectivity index (χ1v) is 11.7. The van der Waals surface area contributed by atoms with Crippen LogP contribution in [0.5, 0.6) is 0 Å². The highest BCUT2D eigenvalue weighted by molar-refractivity contribution is 5.83. The number of benzene rings is 1. The first-order chi connectivity index (χ1) is 15.1. The maximum Gasteiger partial charge on any atom is 0.227 e. The Morgan fingerprint density at radius 1 is 1.29 bits per heavy atom. The summed E-state index contributed by atoms with van der Waals surface area (Å²) in [6.07, 6.45) is 5.54. The largest absolute Gasteiger partial charge is 0.381 e. The number of carbonyl (C=O) groups is 1. The number of ether oxygens (including phenoxy) is 1. The van der Waals surface area contributed by atoms with Gasteiger partial charge in [0.05, 0.1) is 17.7 Å². The van der Waals surface area contributed by atoms with E-state index in [2.05, 4.69) is 46.7 Å². The highest BCUT2D eigenvalue weighted by Gasteiger charge is 2.40. The van der Waals surface area contributed by atoms with Crippen molar-refractivity contribution in [1.82, 2.24) is 15.4 Å². The first-order valence-electron chi connectivity index (χ1n) is 11.7. The number of hydrogen-bond donors (Lipinski definition) is 1. The van der Waals surface area contributed by atoms with Gasteiger partial charge in [0.25, 0.3) is 0 Å². The Morgan fingerprint density at radius 2 is 2.13 bits per heavy atom. The molecule has 0 spiro atoms. The van der Waals surface area contributed by atoms with E-state index in [1.807, 2.05) is 13.0 Å². The van der Waals surface area contributed by atoms with Crippen LogP contribution < -0.4 is 5.32 Å². The monoisotopic (exact) mass is 425 g/mol. The van der Waals surface area contributed by atoms with E-state index in [0.717, 1.165) is 37.9 Å². The molecule has 0 aliphatic carbocycles. The minimum atomic E-state index is -0.437. The molecule has 0 saturated carbocycles. The maximum atomic E-state index is 13.4. The number of carbonyl (C=O) groups excluding carboxylic acids is 1. The van der Waals surface area contributed by atoms with Crippen molar-refractivity contribution in [1.29, 1.82) is 0 Å². The molecule has 1 atom stereocenters. The average molecular weight is 426 g/mol. The summed E-state index contributed by atoms with van der Waals surface area (Å²) in [6, 6.07) is 10.8. The minimum absolute atomic E-state index is 0.0908. The molecule has 3 heterocycles. The number of aryl methyl sites for hydroxylation is 1. The third-order valence-corrected chi connectivity index (χ3v) is 6.91. The van der Waals surface area contributed by atoms with Gasteiger partial charge >= 0.3 is 0 Å². The van der Waals surface area contributed by atoms with Crippen LogP contribution >= 0.6 is 0 Å². The smallest absolute Gasteiger partial charge is 0.227 e. The van der Waals surface area contributed by atoms with E-state index in [4.69, 9.17) is 9.26 Å². The summed E-state index contributed by atoms with van der Waals surface area (Å²) >= 11 is 0. The van der Waals surface area contributed by atoms with E-state index in [1.165, 1.54) is 30.5 Å². The van der Waals surface area contributed by atoms with Crippen molar-refractivity contribution in [2.75, 3.05) is 33.4 Å². The highest BCUT2D eigenvalue weighted by Crippen LogP contribution is 2.36. The summed E-state index contributed by atoms with van der Waals surface area (Å²) in [5.74, 6) is 1.38. The number of likely N-dealkylation sites (N-methyl/N-ethyl adjacent to an activating group) is 1. The second-order valence-electron chi connectivity index (χ2n) is 9.24. The molecule has 4 rings (SSSR count). The summed E-state index contributed by atoms with van der Waals surface area (Å²) < 4.78 is 11.0. The van der Waals surface area contributed by atoms with Crippen LogP contribution in [0.25, 0.3) is 0 Å². The third kappa shape index (κ3) is 5.36. The Hall–Kier alpha value is -2.18. The van der Waals surface area contributed by atoms with Crippen molar-refractivity contribution in [2.24, 2.45) is 5.41 Å². The minimum Gasteiger partial charge on any atom is -0.381 e. The molecule has 6 nitrogen and oxygen atoms in total. The van der Waals surface area contributed by atoms with Crippen molar-refractivity contribution in [3.05, 3.63) is 52.9 Å². The fraction of sp³-hybridized carbons (Fsp3) is 0.600. The van der Waals surface area contributed by atoms with Crippen LogP contribution in [0.15, 0.2) is 34.9 Å². The fourth-order valence-electron chi connectivity index (χ4n) is 4.99. The third-order valence-electron chi connectivity index (χ3n) is 6.91. The average Bonchev–Trinajstić information content (AvgIpc) is 3.26. The molecule has 2 saturated heterocycles. The van der Waals surface area contributed by atoms with Gasteiger partial charge in [-0.05, 0) is 69.2 Å². The van der Waals surface area contributed by atoms with Crippen LogP contribution in [0.1, 0.15) is 61.1 Å². The number of nitrogens with one attached hydrogen (secondary N) is 1. The molecule has 1 N–H and O–H groups in total. The summed E-state index contributed by atoms with van der Waals surface area (Å²) in [5, 5.41) is 7.14. The van der Waals surface area contributed by atoms with E-state index in [9.17, 15) is 4.79 Å². The predicted molar refractivity (Wildman–Crippen MR) is 120 cm³/mol. The highest BCUT2D eigenvalue weighted by atomic mass is 16.5. The van der Waals surface area contributed by atoms with E-state index in [0.29, 0.717) is 31.4 Å². The van der Waals surface area contributed by atoms with Crippen molar-refractivity contribution in [3.8, 4) is 0 Å². The van der Waals surface area contributed by atoms with Crippen LogP contribution in [0.4, 0.5) is 0 Å². The van der Waals surface area contributed by atoms with Gasteiger partial charge < -0.3 is 19.5 Å². The second-order valence-corrected chi connectivity index (χ2v) is 9.24. The number of hydrogen-bond acceptors (Lipinski definition) is 5. The first kappa shape index (κ1) is 22.0. The second kappa shape index (κ2) is 9.96. The Labute approximate surface area is 185 Å². The van der Waals surface area contributed by atoms with Crippen LogP contribution in [0, 0.1) is 5.41 Å². The van der Waals surface area contributed by atoms with Crippen LogP contribution in [-0.4, -0.2) is 49.3 Å². The molecular formula is C25H35N3O3. The normalized spacial score (nSPS) is 21.7. The van der Waals surface area contributed by atoms with Gasteiger partial charge in [-0.15, -0.1) is 0 Å². The molecule has 0 bridgehead atoms. The molecule has 1 aromatic heterocycles. The van der Waals surface area contributed by atoms with Crippen molar-refractivity contribution >= 4 is 5.91 Å². The van der Waals surface area contributed by atoms with Gasteiger partial charge in [-0.25, -0.2) is 0 Å². The van der Waals surface area contributed by atoms with E-state index in [-0.39, 0.29) is 5.91 Å². The number of aromatic nitrogens is 1. The lowest BCUT2D eigenvalue weighted by atomic mass is 9.74. The Morgan fingerprint density at radius 3 is 2.87 bits per heavy atom. The van der Waals surface area contributed by atoms with E-state index >= 15 is 0 Å². The number of rotatable bonds is 7. The van der Waals surface area contributed by atoms with E-state index < -0.39 is 5.41 Å². The molecule has 168 valence electrons.